The van der Waals surface area contributed by atoms with E-state index in [1.165, 1.54) is 12.1 Å². The molecule has 0 radical (unpaired) electrons. The van der Waals surface area contributed by atoms with E-state index in [2.05, 4.69) is 5.32 Å². The van der Waals surface area contributed by atoms with Gasteiger partial charge in [-0.25, -0.2) is 8.42 Å². The van der Waals surface area contributed by atoms with Gasteiger partial charge in [0.25, 0.3) is 15.0 Å². The predicted octanol–water partition coefficient (Wildman–Crippen LogP) is 1.93. The largest absolute Gasteiger partial charge is 0.351 e. The molecule has 0 saturated carbocycles. The molecule has 1 aromatic rings. The molecule has 19 heavy (non-hydrogen) atoms. The fraction of sp³-hybridized carbons (Fsp3) is 0.364. The van der Waals surface area contributed by atoms with Gasteiger partial charge in [-0.3, -0.25) is 4.79 Å². The van der Waals surface area contributed by atoms with Gasteiger partial charge in [0.15, 0.2) is 0 Å². The van der Waals surface area contributed by atoms with Crippen LogP contribution >= 0.6 is 10.7 Å². The van der Waals surface area contributed by atoms with Gasteiger partial charge in [-0.05, 0) is 30.5 Å². The highest BCUT2D eigenvalue weighted by Crippen LogP contribution is 2.15. The van der Waals surface area contributed by atoms with Crippen molar-refractivity contribution in [3.63, 3.8) is 0 Å². The maximum atomic E-state index is 11.9. The first-order chi connectivity index (χ1) is 8.80. The Morgan fingerprint density at radius 2 is 1.84 bits per heavy atom. The third kappa shape index (κ3) is 5.52. The van der Waals surface area contributed by atoms with Gasteiger partial charge in [0.05, 0.1) is 4.90 Å². The number of hydrogen-bond acceptors (Lipinski definition) is 3. The van der Waals surface area contributed by atoms with E-state index in [0.29, 0.717) is 12.8 Å². The van der Waals surface area contributed by atoms with E-state index in [4.69, 9.17) is 10.7 Å². The summed E-state index contributed by atoms with van der Waals surface area (Å²) in [5.41, 5.74) is 0.829. The van der Waals surface area contributed by atoms with Crippen molar-refractivity contribution in [1.29, 1.82) is 0 Å². The van der Waals surface area contributed by atoms with Crippen LogP contribution in [0.2, 0.25) is 0 Å². The fourth-order valence-corrected chi connectivity index (χ4v) is 2.17. The van der Waals surface area contributed by atoms with Gasteiger partial charge >= 0.3 is 6.43 Å². The standard InChI is InChI=1S/C11H12ClF2NO3S/c12-19(17,18)9-5-3-8(4-6-9)2-1-7-15-11(16)10(13)14/h3-6,10H,1-2,7H2,(H,15,16). The number of carbonyl (C=O) groups excluding carboxylic acids is 1. The maximum absolute atomic E-state index is 11.9. The Morgan fingerprint density at radius 1 is 1.26 bits per heavy atom. The molecule has 0 saturated heterocycles. The van der Waals surface area contributed by atoms with Crippen LogP contribution in [0.15, 0.2) is 29.2 Å². The molecule has 0 unspecified atom stereocenters. The molecule has 0 bridgehead atoms. The number of hydrogen-bond donors (Lipinski definition) is 1. The number of halogens is 3. The van der Waals surface area contributed by atoms with Crippen LogP contribution in [0.3, 0.4) is 0 Å². The van der Waals surface area contributed by atoms with Gasteiger partial charge in [-0.15, -0.1) is 0 Å². The Bertz CT molecular complexity index is 531. The van der Waals surface area contributed by atoms with Gasteiger partial charge in [-0.1, -0.05) is 12.1 Å². The summed E-state index contributed by atoms with van der Waals surface area (Å²) >= 11 is 0. The first kappa shape index (κ1) is 15.8. The molecular weight excluding hydrogens is 300 g/mol. The average Bonchev–Trinajstić information content (AvgIpc) is 2.33. The van der Waals surface area contributed by atoms with Crippen LogP contribution in [-0.4, -0.2) is 27.3 Å². The van der Waals surface area contributed by atoms with E-state index >= 15 is 0 Å². The van der Waals surface area contributed by atoms with Crippen LogP contribution < -0.4 is 5.32 Å². The topological polar surface area (TPSA) is 63.2 Å². The lowest BCUT2D eigenvalue weighted by atomic mass is 10.1. The molecule has 0 fully saturated rings. The normalized spacial score (nSPS) is 11.6. The van der Waals surface area contributed by atoms with Crippen LogP contribution in [0.1, 0.15) is 12.0 Å². The number of aryl methyl sites for hydroxylation is 1. The highest BCUT2D eigenvalue weighted by Gasteiger charge is 2.13. The summed E-state index contributed by atoms with van der Waals surface area (Å²) in [6.45, 7) is 0.138. The molecule has 1 amide bonds. The summed E-state index contributed by atoms with van der Waals surface area (Å²) in [4.78, 5) is 10.6. The highest BCUT2D eigenvalue weighted by atomic mass is 35.7. The monoisotopic (exact) mass is 311 g/mol. The van der Waals surface area contributed by atoms with Gasteiger partial charge in [0, 0.05) is 17.2 Å². The SMILES string of the molecule is O=C(NCCCc1ccc(S(=O)(=O)Cl)cc1)C(F)F. The van der Waals surface area contributed by atoms with Crippen LogP contribution in [-0.2, 0) is 20.3 Å². The minimum Gasteiger partial charge on any atom is -0.351 e. The van der Waals surface area contributed by atoms with Crippen LogP contribution in [0, 0.1) is 0 Å². The lowest BCUT2D eigenvalue weighted by Crippen LogP contribution is -2.30. The van der Waals surface area contributed by atoms with E-state index < -0.39 is 21.4 Å². The lowest BCUT2D eigenvalue weighted by Gasteiger charge is -2.05. The van der Waals surface area contributed by atoms with E-state index in [0.717, 1.165) is 5.56 Å². The molecular formula is C11H12ClF2NO3S. The molecule has 0 aliphatic rings. The Balaban J connectivity index is 2.41. The Morgan fingerprint density at radius 3 is 2.32 bits per heavy atom. The van der Waals surface area contributed by atoms with Crippen LogP contribution in [0.4, 0.5) is 8.78 Å². The molecule has 0 heterocycles. The van der Waals surface area contributed by atoms with Gasteiger partial charge < -0.3 is 5.32 Å². The zero-order valence-electron chi connectivity index (χ0n) is 9.77. The number of nitrogens with one attached hydrogen (secondary N) is 1. The van der Waals surface area contributed by atoms with Crippen molar-refractivity contribution in [2.45, 2.75) is 24.2 Å². The second kappa shape index (κ2) is 6.81. The highest BCUT2D eigenvalue weighted by molar-refractivity contribution is 8.13. The molecule has 1 rings (SSSR count). The van der Waals surface area contributed by atoms with Crippen molar-refractivity contribution in [2.24, 2.45) is 0 Å². The zero-order valence-corrected chi connectivity index (χ0v) is 11.3. The minimum absolute atomic E-state index is 0.00363. The maximum Gasteiger partial charge on any atom is 0.315 e. The summed E-state index contributed by atoms with van der Waals surface area (Å²) in [6, 6.07) is 5.92. The molecule has 4 nitrogen and oxygen atoms in total. The summed E-state index contributed by atoms with van der Waals surface area (Å²) in [6.07, 6.45) is -1.99. The average molecular weight is 312 g/mol. The quantitative estimate of drug-likeness (QED) is 0.645. The van der Waals surface area contributed by atoms with Crippen LogP contribution in [0.25, 0.3) is 0 Å². The molecule has 1 N–H and O–H groups in total. The third-order valence-electron chi connectivity index (χ3n) is 2.34. The Kier molecular flexibility index (Phi) is 5.68. The molecule has 0 atom stereocenters. The van der Waals surface area contributed by atoms with Crippen molar-refractivity contribution >= 4 is 25.6 Å². The number of amides is 1. The van der Waals surface area contributed by atoms with E-state index in [-0.39, 0.29) is 11.4 Å². The van der Waals surface area contributed by atoms with E-state index in [1.807, 2.05) is 0 Å². The van der Waals surface area contributed by atoms with Gasteiger partial charge in [-0.2, -0.15) is 8.78 Å². The number of rotatable bonds is 6. The molecule has 106 valence electrons. The molecule has 0 aromatic heterocycles. The van der Waals surface area contributed by atoms with Crippen molar-refractivity contribution in [2.75, 3.05) is 6.54 Å². The van der Waals surface area contributed by atoms with Crippen molar-refractivity contribution < 1.29 is 22.0 Å². The Hall–Kier alpha value is -1.21. The fourth-order valence-electron chi connectivity index (χ4n) is 1.40. The summed E-state index contributed by atoms with van der Waals surface area (Å²) in [7, 11) is 1.42. The van der Waals surface area contributed by atoms with Gasteiger partial charge in [0.2, 0.25) is 0 Å². The second-order valence-electron chi connectivity index (χ2n) is 3.78. The van der Waals surface area contributed by atoms with Crippen molar-refractivity contribution in [1.82, 2.24) is 5.32 Å². The summed E-state index contributed by atoms with van der Waals surface area (Å²) in [5, 5.41) is 2.08. The molecule has 0 spiro atoms. The number of benzene rings is 1. The predicted molar refractivity (Wildman–Crippen MR) is 66.8 cm³/mol. The van der Waals surface area contributed by atoms with E-state index in [9.17, 15) is 22.0 Å². The third-order valence-corrected chi connectivity index (χ3v) is 3.71. The zero-order chi connectivity index (χ0) is 14.5. The first-order valence-electron chi connectivity index (χ1n) is 5.40. The second-order valence-corrected chi connectivity index (χ2v) is 6.34. The molecule has 0 aliphatic heterocycles. The van der Waals surface area contributed by atoms with Crippen molar-refractivity contribution in [3.8, 4) is 0 Å². The number of alkyl halides is 2. The Labute approximate surface area is 114 Å². The molecule has 0 aliphatic carbocycles. The van der Waals surface area contributed by atoms with Gasteiger partial charge in [0.1, 0.15) is 0 Å². The minimum atomic E-state index is -3.73. The summed E-state index contributed by atoms with van der Waals surface area (Å²) < 4.78 is 45.7. The molecule has 1 aromatic carbocycles. The van der Waals surface area contributed by atoms with Crippen molar-refractivity contribution in [3.05, 3.63) is 29.8 Å². The lowest BCUT2D eigenvalue weighted by molar-refractivity contribution is -0.131. The van der Waals surface area contributed by atoms with Crippen LogP contribution in [0.5, 0.6) is 0 Å². The number of carbonyl (C=O) groups is 1. The first-order valence-corrected chi connectivity index (χ1v) is 7.71. The van der Waals surface area contributed by atoms with E-state index in [1.54, 1.807) is 12.1 Å². The summed E-state index contributed by atoms with van der Waals surface area (Å²) in [5.74, 6) is -1.29. The smallest absolute Gasteiger partial charge is 0.315 e. The molecule has 8 heteroatoms.